The summed E-state index contributed by atoms with van der Waals surface area (Å²) in [6, 6.07) is 9.21. The Bertz CT molecular complexity index is 542. The van der Waals surface area contributed by atoms with Gasteiger partial charge in [0.1, 0.15) is 6.33 Å². The highest BCUT2D eigenvalue weighted by Crippen LogP contribution is 2.14. The van der Waals surface area contributed by atoms with Crippen LogP contribution < -0.4 is 10.6 Å². The summed E-state index contributed by atoms with van der Waals surface area (Å²) in [6.45, 7) is 3.16. The lowest BCUT2D eigenvalue weighted by Crippen LogP contribution is -2.24. The van der Waals surface area contributed by atoms with Gasteiger partial charge in [-0.25, -0.2) is 9.97 Å². The van der Waals surface area contributed by atoms with E-state index in [1.807, 2.05) is 25.1 Å². The van der Waals surface area contributed by atoms with Crippen LogP contribution in [0.25, 0.3) is 0 Å². The third-order valence-electron chi connectivity index (χ3n) is 2.61. The van der Waals surface area contributed by atoms with E-state index in [1.54, 1.807) is 18.3 Å². The number of hydrogen-bond donors (Lipinski definition) is 2. The number of nitrogens with zero attached hydrogens (tertiary/aromatic N) is 2. The van der Waals surface area contributed by atoms with Gasteiger partial charge in [-0.05, 0) is 25.1 Å². The molecule has 1 aromatic heterocycles. The summed E-state index contributed by atoms with van der Waals surface area (Å²) in [5, 5.41) is 6.01. The summed E-state index contributed by atoms with van der Waals surface area (Å²) in [4.78, 5) is 20.0. The van der Waals surface area contributed by atoms with Gasteiger partial charge in [-0.3, -0.25) is 4.79 Å². The average molecular weight is 256 g/mol. The van der Waals surface area contributed by atoms with Gasteiger partial charge in [0, 0.05) is 18.4 Å². The molecule has 0 atom stereocenters. The number of benzene rings is 1. The van der Waals surface area contributed by atoms with Crippen LogP contribution in [0.1, 0.15) is 23.0 Å². The minimum Gasteiger partial charge on any atom is -0.385 e. The summed E-state index contributed by atoms with van der Waals surface area (Å²) >= 11 is 0. The van der Waals surface area contributed by atoms with E-state index in [4.69, 9.17) is 0 Å². The van der Waals surface area contributed by atoms with Gasteiger partial charge in [0.15, 0.2) is 0 Å². The van der Waals surface area contributed by atoms with Crippen molar-refractivity contribution in [3.05, 3.63) is 54.1 Å². The summed E-state index contributed by atoms with van der Waals surface area (Å²) in [6.07, 6.45) is 3.12. The van der Waals surface area contributed by atoms with Crippen LogP contribution in [-0.4, -0.2) is 22.4 Å². The van der Waals surface area contributed by atoms with Crippen LogP contribution in [-0.2, 0) is 6.54 Å². The minimum absolute atomic E-state index is 0.116. The van der Waals surface area contributed by atoms with E-state index in [-0.39, 0.29) is 5.91 Å². The number of carbonyl (C=O) groups excluding carboxylic acids is 1. The first-order valence-electron chi connectivity index (χ1n) is 6.17. The third kappa shape index (κ3) is 3.51. The monoisotopic (exact) mass is 256 g/mol. The Hall–Kier alpha value is -2.43. The maximum atomic E-state index is 12.1. The van der Waals surface area contributed by atoms with E-state index in [0.29, 0.717) is 12.1 Å². The van der Waals surface area contributed by atoms with Crippen molar-refractivity contribution in [2.75, 3.05) is 11.9 Å². The number of amides is 1. The van der Waals surface area contributed by atoms with Gasteiger partial charge in [-0.15, -0.1) is 0 Å². The highest BCUT2D eigenvalue weighted by atomic mass is 16.1. The molecule has 19 heavy (non-hydrogen) atoms. The van der Waals surface area contributed by atoms with Gasteiger partial charge in [0.25, 0.3) is 5.91 Å². The van der Waals surface area contributed by atoms with Crippen molar-refractivity contribution < 1.29 is 4.79 Å². The molecule has 98 valence electrons. The molecule has 0 bridgehead atoms. The Morgan fingerprint density at radius 1 is 1.26 bits per heavy atom. The van der Waals surface area contributed by atoms with Gasteiger partial charge in [-0.2, -0.15) is 0 Å². The van der Waals surface area contributed by atoms with E-state index < -0.39 is 0 Å². The molecule has 5 heteroatoms. The van der Waals surface area contributed by atoms with Gasteiger partial charge in [-0.1, -0.05) is 12.1 Å². The number of para-hydroxylation sites is 1. The standard InChI is InChI=1S/C14H16N4O/c1-2-16-13-6-4-3-5-12(13)14(19)17-9-11-7-8-15-10-18-11/h3-8,10,16H,2,9H2,1H3,(H,17,19). The van der Waals surface area contributed by atoms with Crippen LogP contribution in [0.15, 0.2) is 42.9 Å². The van der Waals surface area contributed by atoms with Crippen LogP contribution in [0.3, 0.4) is 0 Å². The molecule has 2 N–H and O–H groups in total. The minimum atomic E-state index is -0.116. The molecule has 0 spiro atoms. The van der Waals surface area contributed by atoms with Crippen molar-refractivity contribution in [2.24, 2.45) is 0 Å². The zero-order chi connectivity index (χ0) is 13.5. The molecule has 1 amide bonds. The predicted molar refractivity (Wildman–Crippen MR) is 73.8 cm³/mol. The maximum absolute atomic E-state index is 12.1. The topological polar surface area (TPSA) is 66.9 Å². The van der Waals surface area contributed by atoms with Gasteiger partial charge < -0.3 is 10.6 Å². The van der Waals surface area contributed by atoms with Gasteiger partial charge in [0.05, 0.1) is 17.8 Å². The van der Waals surface area contributed by atoms with E-state index >= 15 is 0 Å². The van der Waals surface area contributed by atoms with Crippen LogP contribution in [0.4, 0.5) is 5.69 Å². The number of aromatic nitrogens is 2. The molecule has 1 aromatic carbocycles. The molecule has 1 heterocycles. The zero-order valence-corrected chi connectivity index (χ0v) is 10.8. The highest BCUT2D eigenvalue weighted by Gasteiger charge is 2.09. The number of hydrogen-bond acceptors (Lipinski definition) is 4. The number of nitrogens with one attached hydrogen (secondary N) is 2. The molecule has 0 saturated heterocycles. The molecule has 0 aliphatic heterocycles. The Morgan fingerprint density at radius 2 is 2.11 bits per heavy atom. The summed E-state index contributed by atoms with van der Waals surface area (Å²) < 4.78 is 0. The quantitative estimate of drug-likeness (QED) is 0.856. The fourth-order valence-corrected chi connectivity index (χ4v) is 1.71. The highest BCUT2D eigenvalue weighted by molar-refractivity contribution is 5.99. The second-order valence-corrected chi connectivity index (χ2v) is 3.96. The SMILES string of the molecule is CCNc1ccccc1C(=O)NCc1ccncn1. The lowest BCUT2D eigenvalue weighted by Gasteiger charge is -2.10. The van der Waals surface area contributed by atoms with E-state index in [9.17, 15) is 4.79 Å². The van der Waals surface area contributed by atoms with Gasteiger partial charge in [0.2, 0.25) is 0 Å². The second kappa shape index (κ2) is 6.49. The van der Waals surface area contributed by atoms with Crippen LogP contribution in [0, 0.1) is 0 Å². The molecule has 0 unspecified atom stereocenters. The Labute approximate surface area is 112 Å². The van der Waals surface area contributed by atoms with Crippen molar-refractivity contribution >= 4 is 11.6 Å². The van der Waals surface area contributed by atoms with Crippen molar-refractivity contribution in [1.29, 1.82) is 0 Å². The van der Waals surface area contributed by atoms with Crippen molar-refractivity contribution in [3.63, 3.8) is 0 Å². The Balaban J connectivity index is 2.04. The molecular formula is C14H16N4O. The van der Waals surface area contributed by atoms with Crippen molar-refractivity contribution in [2.45, 2.75) is 13.5 Å². The summed E-state index contributed by atoms with van der Waals surface area (Å²) in [7, 11) is 0. The fraction of sp³-hybridized carbons (Fsp3) is 0.214. The largest absolute Gasteiger partial charge is 0.385 e. The van der Waals surface area contributed by atoms with Crippen molar-refractivity contribution in [3.8, 4) is 0 Å². The Morgan fingerprint density at radius 3 is 2.84 bits per heavy atom. The van der Waals surface area contributed by atoms with E-state index in [0.717, 1.165) is 17.9 Å². The summed E-state index contributed by atoms with van der Waals surface area (Å²) in [5.41, 5.74) is 2.26. The first-order chi connectivity index (χ1) is 9.31. The molecule has 0 aliphatic carbocycles. The first kappa shape index (κ1) is 13.0. The van der Waals surface area contributed by atoms with Crippen LogP contribution in [0.2, 0.25) is 0 Å². The third-order valence-corrected chi connectivity index (χ3v) is 2.61. The van der Waals surface area contributed by atoms with E-state index in [1.165, 1.54) is 6.33 Å². The van der Waals surface area contributed by atoms with E-state index in [2.05, 4.69) is 20.6 Å². The molecule has 0 fully saturated rings. The molecule has 0 radical (unpaired) electrons. The fourth-order valence-electron chi connectivity index (χ4n) is 1.71. The molecule has 5 nitrogen and oxygen atoms in total. The first-order valence-corrected chi connectivity index (χ1v) is 6.17. The predicted octanol–water partition coefficient (Wildman–Crippen LogP) is 1.84. The van der Waals surface area contributed by atoms with Gasteiger partial charge >= 0.3 is 0 Å². The molecular weight excluding hydrogens is 240 g/mol. The van der Waals surface area contributed by atoms with Crippen LogP contribution in [0.5, 0.6) is 0 Å². The number of carbonyl (C=O) groups is 1. The average Bonchev–Trinajstić information content (AvgIpc) is 2.47. The second-order valence-electron chi connectivity index (χ2n) is 3.96. The molecule has 2 aromatic rings. The lowest BCUT2D eigenvalue weighted by molar-refractivity contribution is 0.0951. The number of rotatable bonds is 5. The smallest absolute Gasteiger partial charge is 0.253 e. The maximum Gasteiger partial charge on any atom is 0.253 e. The normalized spacial score (nSPS) is 9.95. The van der Waals surface area contributed by atoms with Crippen molar-refractivity contribution in [1.82, 2.24) is 15.3 Å². The van der Waals surface area contributed by atoms with Crippen LogP contribution >= 0.6 is 0 Å². The molecule has 2 rings (SSSR count). The zero-order valence-electron chi connectivity index (χ0n) is 10.8. The summed E-state index contributed by atoms with van der Waals surface area (Å²) in [5.74, 6) is -0.116. The molecule has 0 saturated carbocycles. The lowest BCUT2D eigenvalue weighted by atomic mass is 10.1. The Kier molecular flexibility index (Phi) is 4.44. The molecule has 0 aliphatic rings. The number of anilines is 1.